The molecule has 0 fully saturated rings. The molecule has 7 heteroatoms. The van der Waals surface area contributed by atoms with Gasteiger partial charge in [-0.15, -0.1) is 0 Å². The number of hydrogen-bond donors (Lipinski definition) is 1. The molecule has 0 aliphatic rings. The third-order valence-corrected chi connectivity index (χ3v) is 2.73. The number of ether oxygens (including phenoxy) is 1. The number of nitriles is 1. The summed E-state index contributed by atoms with van der Waals surface area (Å²) >= 11 is 0. The molecular weight excluding hydrogens is 279 g/mol. The Balaban J connectivity index is 2.40. The van der Waals surface area contributed by atoms with Crippen molar-refractivity contribution in [2.75, 3.05) is 0 Å². The van der Waals surface area contributed by atoms with Crippen LogP contribution < -0.4 is 4.74 Å². The molecule has 0 atom stereocenters. The topological polar surface area (TPSA) is 96.4 Å². The number of hydrogen-bond acceptors (Lipinski definition) is 5. The Morgan fingerprint density at radius 1 is 1.38 bits per heavy atom. The predicted octanol–water partition coefficient (Wildman–Crippen LogP) is 2.89. The molecule has 0 spiro atoms. The number of nitro benzene ring substituents is 1. The molecule has 0 aliphatic carbocycles. The van der Waals surface area contributed by atoms with Gasteiger partial charge in [-0.1, -0.05) is 6.07 Å². The van der Waals surface area contributed by atoms with Crippen molar-refractivity contribution in [2.24, 2.45) is 0 Å². The lowest BCUT2D eigenvalue weighted by atomic mass is 10.1. The minimum atomic E-state index is -0.723. The van der Waals surface area contributed by atoms with Gasteiger partial charge in [0, 0.05) is 6.07 Å². The summed E-state index contributed by atoms with van der Waals surface area (Å²) in [7, 11) is 0. The monoisotopic (exact) mass is 288 g/mol. The van der Waals surface area contributed by atoms with Crippen LogP contribution in [0.25, 0.3) is 0 Å². The molecule has 0 amide bonds. The molecule has 2 aromatic carbocycles. The molecule has 0 unspecified atom stereocenters. The van der Waals surface area contributed by atoms with Gasteiger partial charge in [-0.2, -0.15) is 5.26 Å². The molecule has 106 valence electrons. The summed E-state index contributed by atoms with van der Waals surface area (Å²) in [5, 5.41) is 28.8. The van der Waals surface area contributed by atoms with E-state index in [4.69, 9.17) is 15.1 Å². The third-order valence-electron chi connectivity index (χ3n) is 2.73. The molecule has 0 aliphatic heterocycles. The average Bonchev–Trinajstić information content (AvgIpc) is 2.47. The van der Waals surface area contributed by atoms with Crippen LogP contribution in [0.2, 0.25) is 0 Å². The van der Waals surface area contributed by atoms with Gasteiger partial charge < -0.3 is 9.84 Å². The average molecular weight is 288 g/mol. The summed E-state index contributed by atoms with van der Waals surface area (Å²) in [6.07, 6.45) is 0. The normalized spacial score (nSPS) is 9.95. The van der Waals surface area contributed by atoms with Crippen molar-refractivity contribution in [3.8, 4) is 17.6 Å². The van der Waals surface area contributed by atoms with Crippen LogP contribution in [-0.2, 0) is 6.61 Å². The zero-order valence-corrected chi connectivity index (χ0v) is 10.6. The van der Waals surface area contributed by atoms with E-state index in [0.717, 1.165) is 6.07 Å². The van der Waals surface area contributed by atoms with E-state index in [2.05, 4.69) is 0 Å². The summed E-state index contributed by atoms with van der Waals surface area (Å²) < 4.78 is 18.8. The van der Waals surface area contributed by atoms with Crippen LogP contribution >= 0.6 is 0 Å². The summed E-state index contributed by atoms with van der Waals surface area (Å²) in [6.45, 7) is -0.540. The van der Waals surface area contributed by atoms with Gasteiger partial charge in [-0.25, -0.2) is 4.39 Å². The van der Waals surface area contributed by atoms with Gasteiger partial charge in [0.1, 0.15) is 28.9 Å². The van der Waals surface area contributed by atoms with E-state index in [1.807, 2.05) is 0 Å². The highest BCUT2D eigenvalue weighted by molar-refractivity contribution is 5.49. The Hall–Kier alpha value is -2.98. The van der Waals surface area contributed by atoms with Gasteiger partial charge in [-0.3, -0.25) is 10.1 Å². The van der Waals surface area contributed by atoms with Crippen LogP contribution in [0.4, 0.5) is 10.1 Å². The Morgan fingerprint density at radius 3 is 2.76 bits per heavy atom. The SMILES string of the molecule is N#Cc1c(F)cccc1Oc1ccc([N+](=O)[O-])c(CO)c1. The predicted molar refractivity (Wildman–Crippen MR) is 70.2 cm³/mol. The highest BCUT2D eigenvalue weighted by Gasteiger charge is 2.15. The van der Waals surface area contributed by atoms with E-state index in [9.17, 15) is 14.5 Å². The fourth-order valence-corrected chi connectivity index (χ4v) is 1.75. The minimum absolute atomic E-state index is 0.00440. The van der Waals surface area contributed by atoms with Crippen molar-refractivity contribution in [3.05, 3.63) is 63.5 Å². The molecule has 6 nitrogen and oxygen atoms in total. The van der Waals surface area contributed by atoms with Gasteiger partial charge in [0.05, 0.1) is 17.1 Å². The zero-order valence-electron chi connectivity index (χ0n) is 10.6. The molecule has 0 saturated carbocycles. The zero-order chi connectivity index (χ0) is 15.4. The Kier molecular flexibility index (Phi) is 4.11. The van der Waals surface area contributed by atoms with Crippen molar-refractivity contribution in [3.63, 3.8) is 0 Å². The number of nitro groups is 1. The molecule has 2 aromatic rings. The van der Waals surface area contributed by atoms with Crippen molar-refractivity contribution in [1.29, 1.82) is 5.26 Å². The molecule has 0 bridgehead atoms. The first-order valence-electron chi connectivity index (χ1n) is 5.81. The number of rotatable bonds is 4. The number of halogens is 1. The van der Waals surface area contributed by atoms with Crippen molar-refractivity contribution < 1.29 is 19.2 Å². The number of benzene rings is 2. The lowest BCUT2D eigenvalue weighted by Crippen LogP contribution is -1.97. The van der Waals surface area contributed by atoms with Crippen LogP contribution in [0, 0.1) is 27.3 Å². The van der Waals surface area contributed by atoms with Crippen molar-refractivity contribution in [1.82, 2.24) is 0 Å². The van der Waals surface area contributed by atoms with Gasteiger partial charge in [0.15, 0.2) is 0 Å². The van der Waals surface area contributed by atoms with Crippen LogP contribution in [0.15, 0.2) is 36.4 Å². The highest BCUT2D eigenvalue weighted by atomic mass is 19.1. The second-order valence-corrected chi connectivity index (χ2v) is 4.03. The lowest BCUT2D eigenvalue weighted by Gasteiger charge is -2.09. The number of nitrogens with zero attached hydrogens (tertiary/aromatic N) is 2. The van der Waals surface area contributed by atoms with E-state index in [-0.39, 0.29) is 28.3 Å². The van der Waals surface area contributed by atoms with Gasteiger partial charge in [0.2, 0.25) is 0 Å². The maximum Gasteiger partial charge on any atom is 0.275 e. The van der Waals surface area contributed by atoms with Crippen LogP contribution in [0.5, 0.6) is 11.5 Å². The second kappa shape index (κ2) is 5.98. The van der Waals surface area contributed by atoms with E-state index in [1.54, 1.807) is 6.07 Å². The highest BCUT2D eigenvalue weighted by Crippen LogP contribution is 2.30. The smallest absolute Gasteiger partial charge is 0.275 e. The fraction of sp³-hybridized carbons (Fsp3) is 0.0714. The number of aliphatic hydroxyl groups excluding tert-OH is 1. The summed E-state index contributed by atoms with van der Waals surface area (Å²) in [5.74, 6) is -0.568. The fourth-order valence-electron chi connectivity index (χ4n) is 1.75. The first-order valence-corrected chi connectivity index (χ1v) is 5.81. The second-order valence-electron chi connectivity index (χ2n) is 4.03. The standard InChI is InChI=1S/C14H9FN2O4/c15-12-2-1-3-14(11(12)7-16)21-10-4-5-13(17(19)20)9(6-10)8-18/h1-6,18H,8H2. The molecule has 0 radical (unpaired) electrons. The van der Waals surface area contributed by atoms with E-state index in [0.29, 0.717) is 0 Å². The summed E-state index contributed by atoms with van der Waals surface area (Å²) in [6, 6.07) is 9.34. The first-order chi connectivity index (χ1) is 10.1. The molecule has 1 N–H and O–H groups in total. The molecule has 2 rings (SSSR count). The quantitative estimate of drug-likeness (QED) is 0.689. The minimum Gasteiger partial charge on any atom is -0.456 e. The first kappa shape index (κ1) is 14.4. The maximum absolute atomic E-state index is 13.4. The Labute approximate surface area is 118 Å². The Morgan fingerprint density at radius 2 is 2.14 bits per heavy atom. The van der Waals surface area contributed by atoms with E-state index < -0.39 is 17.3 Å². The summed E-state index contributed by atoms with van der Waals surface area (Å²) in [5.41, 5.74) is -0.446. The van der Waals surface area contributed by atoms with Crippen LogP contribution in [-0.4, -0.2) is 10.0 Å². The molecule has 0 saturated heterocycles. The van der Waals surface area contributed by atoms with E-state index in [1.165, 1.54) is 30.3 Å². The molecule has 0 aromatic heterocycles. The van der Waals surface area contributed by atoms with Gasteiger partial charge in [-0.05, 0) is 24.3 Å². The van der Waals surface area contributed by atoms with Crippen molar-refractivity contribution in [2.45, 2.75) is 6.61 Å². The molecule has 0 heterocycles. The third kappa shape index (κ3) is 2.96. The van der Waals surface area contributed by atoms with Crippen molar-refractivity contribution >= 4 is 5.69 Å². The Bertz CT molecular complexity index is 740. The van der Waals surface area contributed by atoms with Gasteiger partial charge >= 0.3 is 0 Å². The van der Waals surface area contributed by atoms with Crippen LogP contribution in [0.3, 0.4) is 0 Å². The molecule has 21 heavy (non-hydrogen) atoms. The maximum atomic E-state index is 13.4. The largest absolute Gasteiger partial charge is 0.456 e. The lowest BCUT2D eigenvalue weighted by molar-refractivity contribution is -0.385. The van der Waals surface area contributed by atoms with Gasteiger partial charge in [0.25, 0.3) is 5.69 Å². The molecular formula is C14H9FN2O4. The van der Waals surface area contributed by atoms with E-state index >= 15 is 0 Å². The van der Waals surface area contributed by atoms with Crippen LogP contribution in [0.1, 0.15) is 11.1 Å². The summed E-state index contributed by atoms with van der Waals surface area (Å²) in [4.78, 5) is 10.1. The number of aliphatic hydroxyl groups is 1.